The van der Waals surface area contributed by atoms with Gasteiger partial charge in [-0.05, 0) is 37.3 Å². The highest BCUT2D eigenvalue weighted by atomic mass is 16.1. The summed E-state index contributed by atoms with van der Waals surface area (Å²) in [5, 5.41) is 0. The van der Waals surface area contributed by atoms with Crippen molar-refractivity contribution in [2.24, 2.45) is 0 Å². The lowest BCUT2D eigenvalue weighted by Crippen LogP contribution is -2.21. The summed E-state index contributed by atoms with van der Waals surface area (Å²) >= 11 is 0. The molecule has 2 aromatic heterocycles. The Hall–Kier alpha value is -2.95. The number of pyridine rings is 1. The number of nitrogens with zero attached hydrogens (tertiary/aromatic N) is 4. The molecule has 0 spiro atoms. The molecular weight excluding hydrogens is 288 g/mol. The van der Waals surface area contributed by atoms with Crippen LogP contribution < -0.4 is 10.5 Å². The molecule has 0 N–H and O–H groups in total. The van der Waals surface area contributed by atoms with Crippen LogP contribution in [0.15, 0.2) is 59.8 Å². The van der Waals surface area contributed by atoms with Gasteiger partial charge in [0.05, 0.1) is 5.69 Å². The molecule has 0 amide bonds. The van der Waals surface area contributed by atoms with Crippen LogP contribution in [-0.4, -0.2) is 28.6 Å². The van der Waals surface area contributed by atoms with E-state index in [1.807, 2.05) is 49.3 Å². The Balaban J connectivity index is 2.18. The minimum absolute atomic E-state index is 0.0411. The molecular formula is C18H18N4O. The summed E-state index contributed by atoms with van der Waals surface area (Å²) in [7, 11) is 3.95. The van der Waals surface area contributed by atoms with E-state index in [-0.39, 0.29) is 5.56 Å². The normalized spacial score (nSPS) is 10.6. The van der Waals surface area contributed by atoms with Gasteiger partial charge < -0.3 is 4.90 Å². The molecule has 5 nitrogen and oxygen atoms in total. The van der Waals surface area contributed by atoms with E-state index >= 15 is 0 Å². The number of hydrogen-bond acceptors (Lipinski definition) is 4. The van der Waals surface area contributed by atoms with Crippen molar-refractivity contribution in [1.82, 2.24) is 14.5 Å². The minimum Gasteiger partial charge on any atom is -0.378 e. The van der Waals surface area contributed by atoms with E-state index in [1.165, 1.54) is 0 Å². The molecule has 0 bridgehead atoms. The van der Waals surface area contributed by atoms with Gasteiger partial charge >= 0.3 is 0 Å². The molecule has 0 aliphatic heterocycles. The fraction of sp³-hybridized carbons (Fsp3) is 0.167. The molecule has 3 aromatic rings. The predicted molar refractivity (Wildman–Crippen MR) is 92.1 cm³/mol. The van der Waals surface area contributed by atoms with Crippen LogP contribution in [0.2, 0.25) is 0 Å². The number of aromatic nitrogens is 3. The number of hydrogen-bond donors (Lipinski definition) is 0. The molecule has 23 heavy (non-hydrogen) atoms. The third-order valence-electron chi connectivity index (χ3n) is 3.64. The van der Waals surface area contributed by atoms with Gasteiger partial charge in [0, 0.05) is 49.5 Å². The summed E-state index contributed by atoms with van der Waals surface area (Å²) in [6, 6.07) is 11.4. The van der Waals surface area contributed by atoms with Crippen molar-refractivity contribution in [1.29, 1.82) is 0 Å². The van der Waals surface area contributed by atoms with Crippen LogP contribution in [0.25, 0.3) is 17.1 Å². The van der Waals surface area contributed by atoms with Crippen LogP contribution in [-0.2, 0) is 0 Å². The van der Waals surface area contributed by atoms with Gasteiger partial charge in [-0.25, -0.2) is 9.97 Å². The summed E-state index contributed by atoms with van der Waals surface area (Å²) in [5.41, 5.74) is 3.29. The van der Waals surface area contributed by atoms with Crippen LogP contribution in [0.1, 0.15) is 5.56 Å². The van der Waals surface area contributed by atoms with Crippen molar-refractivity contribution in [3.05, 3.63) is 70.9 Å². The van der Waals surface area contributed by atoms with Gasteiger partial charge in [-0.1, -0.05) is 6.07 Å². The monoisotopic (exact) mass is 306 g/mol. The van der Waals surface area contributed by atoms with Crippen molar-refractivity contribution >= 4 is 5.69 Å². The largest absolute Gasteiger partial charge is 0.378 e. The maximum Gasteiger partial charge on any atom is 0.258 e. The topological polar surface area (TPSA) is 51.0 Å². The highest BCUT2D eigenvalue weighted by molar-refractivity contribution is 5.57. The molecule has 0 aliphatic carbocycles. The van der Waals surface area contributed by atoms with Crippen molar-refractivity contribution in [3.63, 3.8) is 0 Å². The van der Waals surface area contributed by atoms with Crippen LogP contribution in [0.5, 0.6) is 0 Å². The van der Waals surface area contributed by atoms with Gasteiger partial charge in [-0.3, -0.25) is 9.36 Å². The summed E-state index contributed by atoms with van der Waals surface area (Å²) in [5.74, 6) is 0.605. The smallest absolute Gasteiger partial charge is 0.258 e. The van der Waals surface area contributed by atoms with E-state index < -0.39 is 0 Å². The van der Waals surface area contributed by atoms with Crippen molar-refractivity contribution in [2.75, 3.05) is 19.0 Å². The first-order valence-corrected chi connectivity index (χ1v) is 7.35. The third-order valence-corrected chi connectivity index (χ3v) is 3.64. The molecule has 5 heteroatoms. The van der Waals surface area contributed by atoms with Crippen molar-refractivity contribution in [2.45, 2.75) is 6.92 Å². The summed E-state index contributed by atoms with van der Waals surface area (Å²) in [6.07, 6.45) is 5.18. The Morgan fingerprint density at radius 3 is 2.48 bits per heavy atom. The molecule has 1 aromatic carbocycles. The molecule has 3 rings (SSSR count). The van der Waals surface area contributed by atoms with E-state index in [4.69, 9.17) is 0 Å². The lowest BCUT2D eigenvalue weighted by atomic mass is 10.2. The molecule has 0 aliphatic rings. The zero-order valence-corrected chi connectivity index (χ0v) is 13.4. The number of benzene rings is 1. The summed E-state index contributed by atoms with van der Waals surface area (Å²) in [4.78, 5) is 23.1. The third kappa shape index (κ3) is 2.99. The molecule has 0 radical (unpaired) electrons. The fourth-order valence-corrected chi connectivity index (χ4v) is 2.40. The first kappa shape index (κ1) is 15.0. The first-order chi connectivity index (χ1) is 11.1. The zero-order valence-electron chi connectivity index (χ0n) is 13.4. The minimum atomic E-state index is -0.0411. The van der Waals surface area contributed by atoms with Gasteiger partial charge in [0.15, 0.2) is 5.82 Å². The number of rotatable bonds is 3. The Morgan fingerprint density at radius 2 is 1.78 bits per heavy atom. The fourth-order valence-electron chi connectivity index (χ4n) is 2.40. The highest BCUT2D eigenvalue weighted by Gasteiger charge is 2.09. The Kier molecular flexibility index (Phi) is 3.93. The Labute approximate surface area is 134 Å². The van der Waals surface area contributed by atoms with Crippen LogP contribution >= 0.6 is 0 Å². The van der Waals surface area contributed by atoms with E-state index in [1.54, 1.807) is 36.1 Å². The second-order valence-electron chi connectivity index (χ2n) is 5.57. The van der Waals surface area contributed by atoms with Crippen LogP contribution in [0.4, 0.5) is 5.69 Å². The quantitative estimate of drug-likeness (QED) is 0.746. The van der Waals surface area contributed by atoms with Crippen LogP contribution in [0.3, 0.4) is 0 Å². The van der Waals surface area contributed by atoms with Gasteiger partial charge in [0.2, 0.25) is 0 Å². The second kappa shape index (κ2) is 6.04. The van der Waals surface area contributed by atoms with Gasteiger partial charge in [-0.2, -0.15) is 0 Å². The van der Waals surface area contributed by atoms with Gasteiger partial charge in [-0.15, -0.1) is 0 Å². The number of anilines is 1. The summed E-state index contributed by atoms with van der Waals surface area (Å²) < 4.78 is 1.65. The standard InChI is InChI=1S/C18H18N4O/c1-13-10-14(17-19-8-5-9-20-17)12-22(18(13)23)16-7-4-6-15(11-16)21(2)3/h4-12H,1-3H3. The maximum atomic E-state index is 12.5. The lowest BCUT2D eigenvalue weighted by molar-refractivity contribution is 0.964. The lowest BCUT2D eigenvalue weighted by Gasteiger charge is -2.15. The van der Waals surface area contributed by atoms with Gasteiger partial charge in [0.25, 0.3) is 5.56 Å². The Morgan fingerprint density at radius 1 is 1.04 bits per heavy atom. The van der Waals surface area contributed by atoms with Crippen molar-refractivity contribution < 1.29 is 0 Å². The molecule has 0 unspecified atom stereocenters. The van der Waals surface area contributed by atoms with Crippen molar-refractivity contribution in [3.8, 4) is 17.1 Å². The zero-order chi connectivity index (χ0) is 16.4. The SMILES string of the molecule is Cc1cc(-c2ncccn2)cn(-c2cccc(N(C)C)c2)c1=O. The second-order valence-corrected chi connectivity index (χ2v) is 5.57. The van der Waals surface area contributed by atoms with Crippen LogP contribution in [0, 0.1) is 6.92 Å². The highest BCUT2D eigenvalue weighted by Crippen LogP contribution is 2.19. The Bertz CT molecular complexity index is 885. The average Bonchev–Trinajstić information content (AvgIpc) is 2.58. The van der Waals surface area contributed by atoms with E-state index in [0.29, 0.717) is 11.4 Å². The summed E-state index contributed by atoms with van der Waals surface area (Å²) in [6.45, 7) is 1.81. The van der Waals surface area contributed by atoms with E-state index in [0.717, 1.165) is 16.9 Å². The first-order valence-electron chi connectivity index (χ1n) is 7.35. The van der Waals surface area contributed by atoms with E-state index in [2.05, 4.69) is 9.97 Å². The van der Waals surface area contributed by atoms with Gasteiger partial charge in [0.1, 0.15) is 0 Å². The molecule has 116 valence electrons. The average molecular weight is 306 g/mol. The number of aryl methyl sites for hydroxylation is 1. The maximum absolute atomic E-state index is 12.5. The van der Waals surface area contributed by atoms with E-state index in [9.17, 15) is 4.79 Å². The molecule has 2 heterocycles. The molecule has 0 fully saturated rings. The molecule has 0 atom stereocenters. The molecule has 0 saturated carbocycles. The molecule has 0 saturated heterocycles. The predicted octanol–water partition coefficient (Wildman–Crippen LogP) is 2.67.